The smallest absolute Gasteiger partial charge is 0.242 e. The van der Waals surface area contributed by atoms with E-state index in [1.54, 1.807) is 32.4 Å². The zero-order valence-corrected chi connectivity index (χ0v) is 14.8. The van der Waals surface area contributed by atoms with Gasteiger partial charge in [-0.25, -0.2) is 4.98 Å². The predicted molar refractivity (Wildman–Crippen MR) is 95.3 cm³/mol. The lowest BCUT2D eigenvalue weighted by atomic mass is 10.1. The quantitative estimate of drug-likeness (QED) is 0.716. The van der Waals surface area contributed by atoms with E-state index in [0.717, 1.165) is 28.5 Å². The molecule has 1 aromatic carbocycles. The van der Waals surface area contributed by atoms with Crippen molar-refractivity contribution in [3.63, 3.8) is 0 Å². The summed E-state index contributed by atoms with van der Waals surface area (Å²) in [5, 5.41) is 0. The second-order valence-electron chi connectivity index (χ2n) is 6.00. The number of nitrogens with zero attached hydrogens (tertiary/aromatic N) is 3. The minimum atomic E-state index is -0.0147. The van der Waals surface area contributed by atoms with Gasteiger partial charge in [-0.15, -0.1) is 0 Å². The standard InChI is InChI=1S/C19H21N3O3/c1-13-8-9-16(25-13)19-18(14-6-5-7-15(10-14)24-4)20-12-22(19)11-17(23)21(2)3/h5-10,12H,11H2,1-4H3. The van der Waals surface area contributed by atoms with E-state index in [1.165, 1.54) is 0 Å². The zero-order chi connectivity index (χ0) is 18.0. The van der Waals surface area contributed by atoms with Crippen LogP contribution in [0, 0.1) is 6.92 Å². The van der Waals surface area contributed by atoms with Crippen LogP contribution in [0.3, 0.4) is 0 Å². The predicted octanol–water partition coefficient (Wildman–Crippen LogP) is 3.22. The van der Waals surface area contributed by atoms with Crippen LogP contribution in [-0.4, -0.2) is 41.6 Å². The van der Waals surface area contributed by atoms with Crippen LogP contribution >= 0.6 is 0 Å². The fourth-order valence-electron chi connectivity index (χ4n) is 2.59. The molecule has 0 bridgehead atoms. The van der Waals surface area contributed by atoms with Crippen LogP contribution in [0.2, 0.25) is 0 Å². The van der Waals surface area contributed by atoms with Gasteiger partial charge in [0.25, 0.3) is 0 Å². The first kappa shape index (κ1) is 16.8. The van der Waals surface area contributed by atoms with E-state index >= 15 is 0 Å². The van der Waals surface area contributed by atoms with Crippen molar-refractivity contribution in [3.05, 3.63) is 48.5 Å². The highest BCUT2D eigenvalue weighted by atomic mass is 16.5. The number of carbonyl (C=O) groups is 1. The van der Waals surface area contributed by atoms with Crippen LogP contribution in [0.25, 0.3) is 22.7 Å². The van der Waals surface area contributed by atoms with Crippen molar-refractivity contribution in [1.82, 2.24) is 14.5 Å². The first-order chi connectivity index (χ1) is 12.0. The number of methoxy groups -OCH3 is 1. The molecule has 0 aliphatic heterocycles. The maximum absolute atomic E-state index is 12.2. The van der Waals surface area contributed by atoms with E-state index in [1.807, 2.05) is 47.9 Å². The first-order valence-electron chi connectivity index (χ1n) is 7.96. The van der Waals surface area contributed by atoms with Crippen molar-refractivity contribution >= 4 is 5.91 Å². The minimum absolute atomic E-state index is 0.0147. The Balaban J connectivity index is 2.12. The molecule has 3 aromatic rings. The number of amides is 1. The molecule has 130 valence electrons. The number of aryl methyl sites for hydroxylation is 1. The molecule has 6 nitrogen and oxygen atoms in total. The molecule has 2 heterocycles. The second kappa shape index (κ2) is 6.84. The summed E-state index contributed by atoms with van der Waals surface area (Å²) in [5.41, 5.74) is 2.43. The van der Waals surface area contributed by atoms with Gasteiger partial charge in [0, 0.05) is 19.7 Å². The van der Waals surface area contributed by atoms with Gasteiger partial charge < -0.3 is 18.6 Å². The van der Waals surface area contributed by atoms with Gasteiger partial charge in [-0.05, 0) is 31.2 Å². The van der Waals surface area contributed by atoms with Crippen molar-refractivity contribution in [2.75, 3.05) is 21.2 Å². The highest BCUT2D eigenvalue weighted by Crippen LogP contribution is 2.33. The van der Waals surface area contributed by atoms with Crippen LogP contribution in [-0.2, 0) is 11.3 Å². The number of furan rings is 1. The molecule has 0 saturated heterocycles. The Bertz CT molecular complexity index is 893. The monoisotopic (exact) mass is 339 g/mol. The average molecular weight is 339 g/mol. The molecule has 3 rings (SSSR count). The summed E-state index contributed by atoms with van der Waals surface area (Å²) in [6.45, 7) is 2.08. The normalized spacial score (nSPS) is 10.7. The highest BCUT2D eigenvalue weighted by Gasteiger charge is 2.20. The molecule has 25 heavy (non-hydrogen) atoms. The first-order valence-corrected chi connectivity index (χ1v) is 7.96. The van der Waals surface area contributed by atoms with Gasteiger partial charge in [0.1, 0.15) is 23.7 Å². The Morgan fingerprint density at radius 3 is 2.72 bits per heavy atom. The number of imidazole rings is 1. The molecular formula is C19H21N3O3. The zero-order valence-electron chi connectivity index (χ0n) is 14.8. The van der Waals surface area contributed by atoms with E-state index in [0.29, 0.717) is 5.76 Å². The van der Waals surface area contributed by atoms with Gasteiger partial charge in [0.15, 0.2) is 5.76 Å². The van der Waals surface area contributed by atoms with E-state index in [9.17, 15) is 4.79 Å². The molecule has 0 fully saturated rings. The summed E-state index contributed by atoms with van der Waals surface area (Å²) in [7, 11) is 5.10. The molecule has 0 aliphatic rings. The Hall–Kier alpha value is -3.02. The lowest BCUT2D eigenvalue weighted by molar-refractivity contribution is -0.129. The lowest BCUT2D eigenvalue weighted by Gasteiger charge is -2.13. The highest BCUT2D eigenvalue weighted by molar-refractivity contribution is 5.80. The number of rotatable bonds is 5. The summed E-state index contributed by atoms with van der Waals surface area (Å²) in [6, 6.07) is 11.5. The van der Waals surface area contributed by atoms with Gasteiger partial charge in [-0.3, -0.25) is 4.79 Å². The molecule has 0 saturated carbocycles. The fraction of sp³-hybridized carbons (Fsp3) is 0.263. The van der Waals surface area contributed by atoms with Crippen LogP contribution in [0.15, 0.2) is 47.1 Å². The molecule has 6 heteroatoms. The van der Waals surface area contributed by atoms with Crippen LogP contribution < -0.4 is 4.74 Å². The molecule has 0 unspecified atom stereocenters. The van der Waals surface area contributed by atoms with Crippen molar-refractivity contribution in [1.29, 1.82) is 0 Å². The Morgan fingerprint density at radius 1 is 1.28 bits per heavy atom. The van der Waals surface area contributed by atoms with Crippen molar-refractivity contribution < 1.29 is 13.9 Å². The lowest BCUT2D eigenvalue weighted by Crippen LogP contribution is -2.26. The molecule has 0 N–H and O–H groups in total. The van der Waals surface area contributed by atoms with Crippen molar-refractivity contribution in [2.24, 2.45) is 0 Å². The SMILES string of the molecule is COc1cccc(-c2ncn(CC(=O)N(C)C)c2-c2ccc(C)o2)c1. The number of ether oxygens (including phenoxy) is 1. The van der Waals surface area contributed by atoms with Crippen molar-refractivity contribution in [2.45, 2.75) is 13.5 Å². The number of hydrogen-bond donors (Lipinski definition) is 0. The number of hydrogen-bond acceptors (Lipinski definition) is 4. The number of likely N-dealkylation sites (N-methyl/N-ethyl adjacent to an activating group) is 1. The summed E-state index contributed by atoms with van der Waals surface area (Å²) < 4.78 is 12.9. The molecule has 1 amide bonds. The molecule has 0 radical (unpaired) electrons. The van der Waals surface area contributed by atoms with E-state index in [-0.39, 0.29) is 12.5 Å². The molecule has 0 spiro atoms. The number of aromatic nitrogens is 2. The van der Waals surface area contributed by atoms with Crippen molar-refractivity contribution in [3.8, 4) is 28.5 Å². The van der Waals surface area contributed by atoms with Gasteiger partial charge >= 0.3 is 0 Å². The van der Waals surface area contributed by atoms with Gasteiger partial charge in [-0.2, -0.15) is 0 Å². The third kappa shape index (κ3) is 3.42. The van der Waals surface area contributed by atoms with E-state index < -0.39 is 0 Å². The van der Waals surface area contributed by atoms with Crippen LogP contribution in [0.5, 0.6) is 5.75 Å². The largest absolute Gasteiger partial charge is 0.497 e. The third-order valence-corrected chi connectivity index (χ3v) is 3.96. The van der Waals surface area contributed by atoms with Gasteiger partial charge in [0.2, 0.25) is 5.91 Å². The van der Waals surface area contributed by atoms with Crippen LogP contribution in [0.4, 0.5) is 0 Å². The third-order valence-electron chi connectivity index (χ3n) is 3.96. The number of benzene rings is 1. The van der Waals surface area contributed by atoms with Gasteiger partial charge in [-0.1, -0.05) is 12.1 Å². The van der Waals surface area contributed by atoms with Gasteiger partial charge in [0.05, 0.1) is 19.1 Å². The maximum atomic E-state index is 12.2. The summed E-state index contributed by atoms with van der Waals surface area (Å²) in [6.07, 6.45) is 1.67. The topological polar surface area (TPSA) is 60.5 Å². The fourth-order valence-corrected chi connectivity index (χ4v) is 2.59. The Morgan fingerprint density at radius 2 is 2.08 bits per heavy atom. The number of carbonyl (C=O) groups excluding carboxylic acids is 1. The molecule has 0 atom stereocenters. The Labute approximate surface area is 146 Å². The summed E-state index contributed by atoms with van der Waals surface area (Å²) in [5.74, 6) is 2.22. The molecular weight excluding hydrogens is 318 g/mol. The Kier molecular flexibility index (Phi) is 4.61. The van der Waals surface area contributed by atoms with E-state index in [2.05, 4.69) is 4.98 Å². The minimum Gasteiger partial charge on any atom is -0.497 e. The van der Waals surface area contributed by atoms with Crippen LogP contribution in [0.1, 0.15) is 5.76 Å². The maximum Gasteiger partial charge on any atom is 0.242 e. The average Bonchev–Trinajstić information content (AvgIpc) is 3.20. The summed E-state index contributed by atoms with van der Waals surface area (Å²) in [4.78, 5) is 18.3. The van der Waals surface area contributed by atoms with E-state index in [4.69, 9.17) is 9.15 Å². The summed E-state index contributed by atoms with van der Waals surface area (Å²) >= 11 is 0. The second-order valence-corrected chi connectivity index (χ2v) is 6.00. The molecule has 2 aromatic heterocycles. The molecule has 0 aliphatic carbocycles.